The maximum absolute atomic E-state index is 11.8. The number of carboxylic acid groups (broad SMARTS) is 3. The van der Waals surface area contributed by atoms with Gasteiger partial charge >= 0.3 is 23.9 Å². The van der Waals surface area contributed by atoms with Crippen LogP contribution in [0.5, 0.6) is 0 Å². The Labute approximate surface area is 155 Å². The molecule has 13 nitrogen and oxygen atoms in total. The summed E-state index contributed by atoms with van der Waals surface area (Å²) >= 11 is 0. The number of nitrogens with one attached hydrogen (secondary N) is 3. The van der Waals surface area contributed by atoms with Crippen molar-refractivity contribution < 1.29 is 34.5 Å². The minimum atomic E-state index is -1.45. The number of aliphatic carboxylic acids is 3. The molecule has 0 bridgehead atoms. The van der Waals surface area contributed by atoms with Crippen molar-refractivity contribution in [3.8, 4) is 0 Å². The van der Waals surface area contributed by atoms with Crippen molar-refractivity contribution in [1.29, 1.82) is 5.41 Å². The summed E-state index contributed by atoms with van der Waals surface area (Å²) in [4.78, 5) is 44.6. The highest BCUT2D eigenvalue weighted by Gasteiger charge is 2.24. The molecule has 0 aromatic heterocycles. The summed E-state index contributed by atoms with van der Waals surface area (Å²) in [5.74, 6) is 1.56. The molecule has 2 atom stereocenters. The van der Waals surface area contributed by atoms with Gasteiger partial charge in [0.15, 0.2) is 0 Å². The van der Waals surface area contributed by atoms with Gasteiger partial charge in [-0.15, -0.1) is 0 Å². The largest absolute Gasteiger partial charge is 0.481 e. The molecule has 0 aromatic rings. The maximum Gasteiger partial charge on any atom is 0.326 e. The molecule has 0 rings (SSSR count). The zero-order valence-electron chi connectivity index (χ0n) is 14.9. The molecule has 0 radical (unpaired) electrons. The molecular formula is C14H26N6O7. The van der Waals surface area contributed by atoms with Crippen LogP contribution in [-0.4, -0.2) is 81.4 Å². The minimum Gasteiger partial charge on any atom is -0.481 e. The van der Waals surface area contributed by atoms with Gasteiger partial charge in [-0.1, -0.05) is 0 Å². The number of carboxylic acids is 3. The zero-order valence-corrected chi connectivity index (χ0v) is 14.9. The molecule has 0 aromatic carbocycles. The highest BCUT2D eigenvalue weighted by atomic mass is 16.4. The van der Waals surface area contributed by atoms with Crippen LogP contribution in [0.4, 0.5) is 4.79 Å². The first-order chi connectivity index (χ1) is 12.6. The molecule has 0 saturated carbocycles. The van der Waals surface area contributed by atoms with E-state index in [1.165, 1.54) is 10.1 Å². The van der Waals surface area contributed by atoms with E-state index in [9.17, 15) is 24.3 Å². The summed E-state index contributed by atoms with van der Waals surface area (Å²) in [6, 6.07) is -3.71. The van der Waals surface area contributed by atoms with Crippen LogP contribution in [0.1, 0.15) is 32.1 Å². The quantitative estimate of drug-likeness (QED) is 0.0622. The first-order valence-electron chi connectivity index (χ1n) is 8.08. The first-order valence-corrected chi connectivity index (χ1v) is 8.08. The fourth-order valence-electron chi connectivity index (χ4n) is 2.08. The van der Waals surface area contributed by atoms with Gasteiger partial charge in [-0.2, -0.15) is 5.12 Å². The van der Waals surface area contributed by atoms with Crippen molar-refractivity contribution in [2.45, 2.75) is 44.2 Å². The number of hydrogen-bond donors (Lipinski definition) is 7. The first kappa shape index (κ1) is 24.1. The number of carbonyl (C=O) groups is 4. The normalized spacial score (nSPS) is 12.7. The third-order valence-corrected chi connectivity index (χ3v) is 3.54. The number of rotatable bonds is 14. The summed E-state index contributed by atoms with van der Waals surface area (Å²) in [7, 11) is 1.54. The van der Waals surface area contributed by atoms with E-state index >= 15 is 0 Å². The molecule has 0 unspecified atom stereocenters. The van der Waals surface area contributed by atoms with Crippen LogP contribution in [0.25, 0.3) is 0 Å². The van der Waals surface area contributed by atoms with Crippen LogP contribution in [-0.2, 0) is 14.4 Å². The van der Waals surface area contributed by atoms with Crippen LogP contribution in [0.15, 0.2) is 0 Å². The SMILES string of the molecule is CN(N)N(C=N)CCCC[C@H](NC(=O)N[C@H](CCC(=O)O)C(=O)O)C(=O)O. The Hall–Kier alpha value is -2.93. The smallest absolute Gasteiger partial charge is 0.326 e. The van der Waals surface area contributed by atoms with Crippen LogP contribution in [0, 0.1) is 5.41 Å². The molecule has 0 saturated heterocycles. The van der Waals surface area contributed by atoms with E-state index in [-0.39, 0.29) is 12.8 Å². The number of nitrogens with zero attached hydrogens (tertiary/aromatic N) is 2. The fraction of sp³-hybridized carbons (Fsp3) is 0.643. The van der Waals surface area contributed by atoms with Gasteiger partial charge in [-0.25, -0.2) is 14.4 Å². The fourth-order valence-corrected chi connectivity index (χ4v) is 2.08. The van der Waals surface area contributed by atoms with Crippen molar-refractivity contribution in [1.82, 2.24) is 20.8 Å². The van der Waals surface area contributed by atoms with E-state index in [0.29, 0.717) is 19.4 Å². The summed E-state index contributed by atoms with van der Waals surface area (Å²) in [5.41, 5.74) is 0. The molecule has 27 heavy (non-hydrogen) atoms. The predicted octanol–water partition coefficient (Wildman–Crippen LogP) is -1.14. The van der Waals surface area contributed by atoms with E-state index in [1.54, 1.807) is 7.05 Å². The van der Waals surface area contributed by atoms with E-state index < -0.39 is 42.4 Å². The van der Waals surface area contributed by atoms with Crippen molar-refractivity contribution in [3.05, 3.63) is 0 Å². The second-order valence-electron chi connectivity index (χ2n) is 5.69. The predicted molar refractivity (Wildman–Crippen MR) is 92.7 cm³/mol. The number of carbonyl (C=O) groups excluding carboxylic acids is 1. The Bertz CT molecular complexity index is 542. The van der Waals surface area contributed by atoms with E-state index in [1.807, 2.05) is 0 Å². The maximum atomic E-state index is 11.8. The van der Waals surface area contributed by atoms with Crippen LogP contribution >= 0.6 is 0 Å². The second-order valence-corrected chi connectivity index (χ2v) is 5.69. The molecule has 8 N–H and O–H groups in total. The van der Waals surface area contributed by atoms with Gasteiger partial charge in [0, 0.05) is 20.0 Å². The van der Waals surface area contributed by atoms with E-state index in [2.05, 4.69) is 10.6 Å². The topological polar surface area (TPSA) is 209 Å². The lowest BCUT2D eigenvalue weighted by atomic mass is 10.1. The summed E-state index contributed by atoms with van der Waals surface area (Å²) < 4.78 is 0. The lowest BCUT2D eigenvalue weighted by Crippen LogP contribution is -2.51. The Morgan fingerprint density at radius 1 is 1.04 bits per heavy atom. The third-order valence-electron chi connectivity index (χ3n) is 3.54. The van der Waals surface area contributed by atoms with Gasteiger partial charge in [-0.3, -0.25) is 21.1 Å². The monoisotopic (exact) mass is 390 g/mol. The van der Waals surface area contributed by atoms with Crippen molar-refractivity contribution in [2.24, 2.45) is 5.84 Å². The summed E-state index contributed by atoms with van der Waals surface area (Å²) in [6.07, 6.45) is 1.21. The third kappa shape index (κ3) is 10.6. The minimum absolute atomic E-state index is 0.0791. The molecule has 2 amide bonds. The number of hydrazine groups is 2. The standard InChI is InChI=1S/C14H26N6O7/c1-19(16)20(8-15)7-3-2-4-9(12(23)24)17-14(27)18-10(13(25)26)5-6-11(21)22/h8-10,15H,2-7,16H2,1H3,(H,21,22)(H,23,24)(H,25,26)(H2,17,18,27)/t9-,10+/m0/s1. The van der Waals surface area contributed by atoms with E-state index in [4.69, 9.17) is 21.5 Å². The molecule has 0 aliphatic carbocycles. The van der Waals surface area contributed by atoms with Gasteiger partial charge in [0.2, 0.25) is 0 Å². The highest BCUT2D eigenvalue weighted by molar-refractivity contribution is 5.86. The number of hydrogen-bond acceptors (Lipinski definition) is 7. The highest BCUT2D eigenvalue weighted by Crippen LogP contribution is 2.04. The van der Waals surface area contributed by atoms with Gasteiger partial charge in [0.25, 0.3) is 0 Å². The summed E-state index contributed by atoms with van der Waals surface area (Å²) in [6.45, 7) is 0.380. The van der Waals surface area contributed by atoms with Gasteiger partial charge in [0.1, 0.15) is 12.1 Å². The number of urea groups is 1. The summed E-state index contributed by atoms with van der Waals surface area (Å²) in [5, 5.41) is 40.7. The van der Waals surface area contributed by atoms with Crippen molar-refractivity contribution in [3.63, 3.8) is 0 Å². The number of unbranched alkanes of at least 4 members (excludes halogenated alkanes) is 1. The van der Waals surface area contributed by atoms with Gasteiger partial charge < -0.3 is 26.0 Å². The number of nitrogens with two attached hydrogens (primary N) is 1. The molecule has 0 spiro atoms. The van der Waals surface area contributed by atoms with Crippen molar-refractivity contribution >= 4 is 30.3 Å². The van der Waals surface area contributed by atoms with Crippen LogP contribution < -0.4 is 16.5 Å². The van der Waals surface area contributed by atoms with Gasteiger partial charge in [-0.05, 0) is 25.7 Å². The zero-order chi connectivity index (χ0) is 21.0. The molecule has 0 aliphatic rings. The number of amides is 2. The molecule has 0 fully saturated rings. The van der Waals surface area contributed by atoms with Gasteiger partial charge in [0.05, 0.1) is 6.34 Å². The molecule has 0 heterocycles. The average Bonchev–Trinajstić information content (AvgIpc) is 2.56. The Kier molecular flexibility index (Phi) is 11.1. The molecular weight excluding hydrogens is 364 g/mol. The van der Waals surface area contributed by atoms with Crippen LogP contribution in [0.3, 0.4) is 0 Å². The molecule has 154 valence electrons. The Balaban J connectivity index is 4.51. The lowest BCUT2D eigenvalue weighted by Gasteiger charge is -2.25. The Morgan fingerprint density at radius 3 is 1.96 bits per heavy atom. The van der Waals surface area contributed by atoms with Crippen molar-refractivity contribution in [2.75, 3.05) is 13.6 Å². The molecule has 13 heteroatoms. The Morgan fingerprint density at radius 2 is 1.56 bits per heavy atom. The lowest BCUT2D eigenvalue weighted by molar-refractivity contribution is -0.140. The van der Waals surface area contributed by atoms with Crippen LogP contribution in [0.2, 0.25) is 0 Å². The second kappa shape index (κ2) is 12.4. The van der Waals surface area contributed by atoms with E-state index in [0.717, 1.165) is 6.34 Å². The molecule has 0 aliphatic heterocycles. The average molecular weight is 390 g/mol.